The third-order valence-corrected chi connectivity index (χ3v) is 17.6. The lowest BCUT2D eigenvalue weighted by molar-refractivity contribution is -0.336. The number of rotatable bonds is 19. The van der Waals surface area contributed by atoms with Crippen molar-refractivity contribution < 1.29 is 52.2 Å². The van der Waals surface area contributed by atoms with Crippen LogP contribution in [0.2, 0.25) is 16.6 Å². The van der Waals surface area contributed by atoms with Crippen molar-refractivity contribution in [2.75, 3.05) is 13.2 Å². The number of para-hydroxylation sites is 1. The van der Waals surface area contributed by atoms with Crippen LogP contribution in [0.3, 0.4) is 0 Å². The second-order valence-corrected chi connectivity index (χ2v) is 23.4. The van der Waals surface area contributed by atoms with Gasteiger partial charge in [-0.3, -0.25) is 0 Å². The van der Waals surface area contributed by atoms with Gasteiger partial charge in [0.05, 0.1) is 32.5 Å². The van der Waals surface area contributed by atoms with Crippen molar-refractivity contribution in [2.45, 2.75) is 172 Å². The molecule has 3 heterocycles. The number of hydrogen-bond donors (Lipinski definition) is 1. The molecule has 3 aliphatic heterocycles. The van der Waals surface area contributed by atoms with Gasteiger partial charge in [0.15, 0.2) is 38.6 Å². The molecule has 1 N–H and O–H groups in total. The van der Waals surface area contributed by atoms with E-state index in [0.717, 1.165) is 11.1 Å². The lowest BCUT2D eigenvalue weighted by Crippen LogP contribution is -2.64. The molecule has 3 aromatic rings. The van der Waals surface area contributed by atoms with Gasteiger partial charge < -0.3 is 52.2 Å². The van der Waals surface area contributed by atoms with Gasteiger partial charge in [-0.05, 0) is 67.6 Å². The highest BCUT2D eigenvalue weighted by molar-refractivity contribution is 6.77. The molecule has 9 atom stereocenters. The summed E-state index contributed by atoms with van der Waals surface area (Å²) in [5.41, 5.74) is 3.10. The number of fused-ring (bicyclic) bond motifs is 1. The van der Waals surface area contributed by atoms with Gasteiger partial charge in [-0.25, -0.2) is 0 Å². The maximum absolute atomic E-state index is 10.6. The van der Waals surface area contributed by atoms with Crippen molar-refractivity contribution in [3.05, 3.63) is 102 Å². The Morgan fingerprint density at radius 2 is 1.22 bits per heavy atom. The highest BCUT2D eigenvalue weighted by Gasteiger charge is 2.54. The summed E-state index contributed by atoms with van der Waals surface area (Å²) in [4.78, 5) is 0. The number of aliphatic hydroxyl groups is 1. The van der Waals surface area contributed by atoms with Crippen molar-refractivity contribution >= 4 is 8.32 Å². The average molecular weight is 837 g/mol. The summed E-state index contributed by atoms with van der Waals surface area (Å²) in [7, 11) is -2.36. The summed E-state index contributed by atoms with van der Waals surface area (Å²) in [6.07, 6.45) is -5.43. The summed E-state index contributed by atoms with van der Waals surface area (Å²) in [5.74, 6) is -1.64. The van der Waals surface area contributed by atoms with Crippen LogP contribution >= 0.6 is 0 Å². The van der Waals surface area contributed by atoms with Crippen LogP contribution < -0.4 is 4.74 Å². The molecule has 326 valence electrons. The maximum Gasteiger partial charge on any atom is 0.200 e. The minimum atomic E-state index is -2.36. The molecule has 0 amide bonds. The molecule has 7 unspecified atom stereocenters. The quantitative estimate of drug-likeness (QED) is 0.0923. The molecule has 0 saturated carbocycles. The highest BCUT2D eigenvalue weighted by Crippen LogP contribution is 2.44. The van der Waals surface area contributed by atoms with E-state index in [1.165, 1.54) is 0 Å². The zero-order valence-electron chi connectivity index (χ0n) is 36.7. The first kappa shape index (κ1) is 45.8. The molecule has 0 spiro atoms. The first-order chi connectivity index (χ1) is 28.0. The first-order valence-corrected chi connectivity index (χ1v) is 23.5. The lowest BCUT2D eigenvalue weighted by atomic mass is 9.97. The fourth-order valence-electron chi connectivity index (χ4n) is 9.18. The number of benzene rings is 3. The van der Waals surface area contributed by atoms with Crippen LogP contribution in [0.4, 0.5) is 0 Å². The SMILES string of the molecule is CC(C)[Si](OCC1O[C@@H](OCC2OC(OC(C)(C)O)CC3OC(C)(C)OC23)C(Oc2ccccc2)C(OCc2ccccc2)[C@H]1OCc1ccccc1)(C(C)C)C(C)C. The predicted molar refractivity (Wildman–Crippen MR) is 227 cm³/mol. The summed E-state index contributed by atoms with van der Waals surface area (Å²) in [6.45, 7) is 21.6. The Kier molecular flexibility index (Phi) is 15.5. The van der Waals surface area contributed by atoms with Gasteiger partial charge in [-0.2, -0.15) is 0 Å². The topological polar surface area (TPSA) is 113 Å². The molecule has 12 heteroatoms. The summed E-state index contributed by atoms with van der Waals surface area (Å²) in [6, 6.07) is 29.8. The Bertz CT molecular complexity index is 1660. The van der Waals surface area contributed by atoms with Crippen LogP contribution in [0.25, 0.3) is 0 Å². The largest absolute Gasteiger partial charge is 0.482 e. The molecule has 0 radical (unpaired) electrons. The fourth-order valence-corrected chi connectivity index (χ4v) is 14.6. The Morgan fingerprint density at radius 1 is 0.678 bits per heavy atom. The number of ether oxygens (including phenoxy) is 9. The molecule has 59 heavy (non-hydrogen) atoms. The van der Waals surface area contributed by atoms with Crippen LogP contribution in [0.15, 0.2) is 91.0 Å². The third kappa shape index (κ3) is 11.8. The van der Waals surface area contributed by atoms with Gasteiger partial charge in [-0.1, -0.05) is 120 Å². The van der Waals surface area contributed by atoms with Crippen molar-refractivity contribution in [1.82, 2.24) is 0 Å². The molecular weight excluding hydrogens is 769 g/mol. The van der Waals surface area contributed by atoms with E-state index >= 15 is 0 Å². The molecule has 3 aromatic carbocycles. The van der Waals surface area contributed by atoms with E-state index < -0.39 is 69.1 Å². The van der Waals surface area contributed by atoms with Gasteiger partial charge in [0.1, 0.15) is 36.3 Å². The van der Waals surface area contributed by atoms with Gasteiger partial charge in [0, 0.05) is 6.42 Å². The maximum atomic E-state index is 10.6. The second kappa shape index (κ2) is 20.0. The third-order valence-electron chi connectivity index (χ3n) is 11.6. The van der Waals surface area contributed by atoms with Crippen LogP contribution in [0, 0.1) is 0 Å². The normalized spacial score (nSPS) is 28.6. The monoisotopic (exact) mass is 836 g/mol. The van der Waals surface area contributed by atoms with Crippen molar-refractivity contribution in [3.63, 3.8) is 0 Å². The lowest BCUT2D eigenvalue weighted by Gasteiger charge is -2.48. The molecule has 11 nitrogen and oxygen atoms in total. The Hall–Kier alpha value is -2.72. The molecule has 6 rings (SSSR count). The minimum absolute atomic E-state index is 0.0445. The molecule has 0 aromatic heterocycles. The first-order valence-electron chi connectivity index (χ1n) is 21.4. The molecule has 3 saturated heterocycles. The van der Waals surface area contributed by atoms with Gasteiger partial charge >= 0.3 is 0 Å². The number of hydrogen-bond acceptors (Lipinski definition) is 11. The van der Waals surface area contributed by atoms with E-state index in [1.807, 2.05) is 92.7 Å². The summed E-state index contributed by atoms with van der Waals surface area (Å²) >= 11 is 0. The zero-order valence-corrected chi connectivity index (χ0v) is 37.7. The molecule has 3 fully saturated rings. The molecular formula is C47H68O11Si. The summed E-state index contributed by atoms with van der Waals surface area (Å²) < 4.78 is 67.1. The van der Waals surface area contributed by atoms with E-state index in [2.05, 4.69) is 53.7 Å². The highest BCUT2D eigenvalue weighted by atomic mass is 28.4. The van der Waals surface area contributed by atoms with E-state index in [1.54, 1.807) is 13.8 Å². The van der Waals surface area contributed by atoms with Crippen molar-refractivity contribution in [2.24, 2.45) is 0 Å². The molecule has 0 aliphatic carbocycles. The Labute approximate surface area is 353 Å². The van der Waals surface area contributed by atoms with E-state index in [-0.39, 0.29) is 19.3 Å². The Balaban J connectivity index is 1.37. The van der Waals surface area contributed by atoms with Gasteiger partial charge in [-0.15, -0.1) is 0 Å². The summed E-state index contributed by atoms with van der Waals surface area (Å²) in [5, 5.41) is 10.6. The van der Waals surface area contributed by atoms with E-state index in [0.29, 0.717) is 42.0 Å². The second-order valence-electron chi connectivity index (χ2n) is 18.0. The van der Waals surface area contributed by atoms with Crippen LogP contribution in [-0.2, 0) is 55.5 Å². The van der Waals surface area contributed by atoms with Crippen molar-refractivity contribution in [3.8, 4) is 5.75 Å². The fraction of sp³-hybridized carbons (Fsp3) is 0.617. The predicted octanol–water partition coefficient (Wildman–Crippen LogP) is 8.92. The van der Waals surface area contributed by atoms with Crippen LogP contribution in [-0.4, -0.2) is 93.5 Å². The van der Waals surface area contributed by atoms with Crippen molar-refractivity contribution in [1.29, 1.82) is 0 Å². The van der Waals surface area contributed by atoms with Gasteiger partial charge in [0.2, 0.25) is 0 Å². The van der Waals surface area contributed by atoms with E-state index in [9.17, 15) is 5.11 Å². The molecule has 3 aliphatic rings. The smallest absolute Gasteiger partial charge is 0.200 e. The zero-order chi connectivity index (χ0) is 42.4. The van der Waals surface area contributed by atoms with Gasteiger partial charge in [0.25, 0.3) is 0 Å². The standard InChI is InChI=1S/C47H68O11Si/c1-31(2)59(32(3)4,33(5)6)52-30-39-42(49-27-34-20-14-11-15-21-34)43(50-28-35-22-16-12-17-23-35)44(53-36-24-18-13-19-25-36)45(55-39)51-29-38-41-37(56-47(9,10)58-41)26-40(54-38)57-46(7,8)48/h11-25,31-33,37-45,48H,26-30H2,1-10H3/t37?,38?,39?,40?,41?,42-,43?,44?,45+/m0/s1. The van der Waals surface area contributed by atoms with Crippen LogP contribution in [0.5, 0.6) is 5.75 Å². The van der Waals surface area contributed by atoms with Crippen LogP contribution in [0.1, 0.15) is 86.8 Å². The minimum Gasteiger partial charge on any atom is -0.482 e. The van der Waals surface area contributed by atoms with E-state index in [4.69, 9.17) is 47.1 Å². The average Bonchev–Trinajstić information content (AvgIpc) is 3.50. The Morgan fingerprint density at radius 3 is 1.76 bits per heavy atom. The molecule has 0 bridgehead atoms.